The van der Waals surface area contributed by atoms with Gasteiger partial charge in [-0.1, -0.05) is 60.1 Å². The van der Waals surface area contributed by atoms with E-state index in [4.69, 9.17) is 22.6 Å². The lowest BCUT2D eigenvalue weighted by Crippen LogP contribution is -2.03. The Balaban J connectivity index is 0.000000188. The van der Waals surface area contributed by atoms with Crippen LogP contribution in [-0.2, 0) is 0 Å². The fraction of sp³-hybridized carbons (Fsp3) is 0.125. The van der Waals surface area contributed by atoms with Crippen LogP contribution in [0.2, 0.25) is 5.02 Å². The third-order valence-corrected chi connectivity index (χ3v) is 7.62. The third kappa shape index (κ3) is 9.97. The number of hydrogen-bond acceptors (Lipinski definition) is 10. The van der Waals surface area contributed by atoms with Crippen LogP contribution in [0.3, 0.4) is 0 Å². The van der Waals surface area contributed by atoms with E-state index in [0.29, 0.717) is 49.3 Å². The summed E-state index contributed by atoms with van der Waals surface area (Å²) in [5, 5.41) is 1.21. The van der Waals surface area contributed by atoms with Crippen molar-refractivity contribution >= 4 is 56.8 Å². The molecule has 2 aromatic carbocycles. The van der Waals surface area contributed by atoms with Gasteiger partial charge in [0.2, 0.25) is 16.9 Å². The molecule has 4 aromatic heterocycles. The first-order chi connectivity index (χ1) is 24.9. The summed E-state index contributed by atoms with van der Waals surface area (Å²) in [5.74, 6) is -0.318. The zero-order chi connectivity index (χ0) is 37.8. The van der Waals surface area contributed by atoms with Crippen molar-refractivity contribution in [3.63, 3.8) is 0 Å². The van der Waals surface area contributed by atoms with Crippen LogP contribution < -0.4 is 5.43 Å². The van der Waals surface area contributed by atoms with Crippen molar-refractivity contribution in [2.24, 2.45) is 0 Å². The molecule has 4 heterocycles. The fourth-order valence-corrected chi connectivity index (χ4v) is 4.79. The highest BCUT2D eigenvalue weighted by Gasteiger charge is 2.12. The Hall–Kier alpha value is -6.64. The topological polar surface area (TPSA) is 145 Å². The lowest BCUT2D eigenvalue weighted by Gasteiger charge is -2.04. The molecule has 0 spiro atoms. The maximum absolute atomic E-state index is 12.5. The van der Waals surface area contributed by atoms with E-state index in [-0.39, 0.29) is 40.8 Å². The number of rotatable bonds is 8. The number of aromatic nitrogens is 3. The number of pyridine rings is 3. The molecule has 12 heteroatoms. The van der Waals surface area contributed by atoms with Crippen molar-refractivity contribution in [2.45, 2.75) is 13.8 Å². The summed E-state index contributed by atoms with van der Waals surface area (Å²) < 4.78 is 5.72. The summed E-state index contributed by atoms with van der Waals surface area (Å²) in [5.41, 5.74) is 4.28. The summed E-state index contributed by atoms with van der Waals surface area (Å²) >= 11 is 5.67. The fourth-order valence-electron chi connectivity index (χ4n) is 4.57. The van der Waals surface area contributed by atoms with Gasteiger partial charge in [0, 0.05) is 72.8 Å². The van der Waals surface area contributed by atoms with Crippen molar-refractivity contribution < 1.29 is 23.6 Å². The Labute approximate surface area is 304 Å². The smallest absolute Gasteiger partial charge is 0.276 e. The van der Waals surface area contributed by atoms with Crippen molar-refractivity contribution in [1.82, 2.24) is 19.9 Å². The van der Waals surface area contributed by atoms with Gasteiger partial charge in [0.1, 0.15) is 0 Å². The number of Topliss-reactive ketones (excluding diaryl/α,β-unsaturated/α-hetero) is 3. The van der Waals surface area contributed by atoms with E-state index in [2.05, 4.69) is 19.8 Å². The zero-order valence-electron chi connectivity index (χ0n) is 28.7. The number of benzene rings is 2. The minimum absolute atomic E-state index is 0.00262. The number of fused-ring (bicyclic) bond motifs is 2. The van der Waals surface area contributed by atoms with Gasteiger partial charge in [-0.2, -0.15) is 0 Å². The molecule has 0 fully saturated rings. The van der Waals surface area contributed by atoms with Crippen LogP contribution in [-0.4, -0.2) is 63.6 Å². The molecular weight excluding hydrogens is 682 g/mol. The molecule has 0 unspecified atom stereocenters. The lowest BCUT2D eigenvalue weighted by atomic mass is 10.1. The molecule has 0 amide bonds. The molecule has 6 aromatic rings. The number of allylic oxidation sites excluding steroid dienone is 1. The van der Waals surface area contributed by atoms with Crippen molar-refractivity contribution in [1.29, 1.82) is 0 Å². The van der Waals surface area contributed by atoms with Gasteiger partial charge in [0.05, 0.1) is 27.7 Å². The van der Waals surface area contributed by atoms with E-state index in [0.717, 1.165) is 5.56 Å². The Bertz CT molecular complexity index is 2400. The summed E-state index contributed by atoms with van der Waals surface area (Å²) in [4.78, 5) is 74.6. The molecule has 0 atom stereocenters. The highest BCUT2D eigenvalue weighted by molar-refractivity contribution is 6.33. The molecule has 11 nitrogen and oxygen atoms in total. The van der Waals surface area contributed by atoms with Crippen molar-refractivity contribution in [2.75, 3.05) is 20.6 Å². The van der Waals surface area contributed by atoms with E-state index in [1.165, 1.54) is 44.6 Å². The number of hydrogen-bond donors (Lipinski definition) is 0. The van der Waals surface area contributed by atoms with Gasteiger partial charge in [0.25, 0.3) is 6.54 Å². The van der Waals surface area contributed by atoms with Gasteiger partial charge in [0.15, 0.2) is 22.9 Å². The first-order valence-corrected chi connectivity index (χ1v) is 16.0. The number of halogens is 1. The standard InChI is InChI=1S/C19H12N2O3.C13H15NO2.C8H5ClN2O/c1-11(22)12-2-4-13(5-3-12)16-7-6-15-18(23)14-8-9-20-10-17(14)24-19(15)21-16;1-10(15)11-4-6-12(7-5-11)13(16)8-9-14(2)3;1-10-5-8(12)6-2-3-11-4-7(6)9/h2-10H,1H3;4-9H,1-3H3;2-4H,5H2/b;9-8+;. The van der Waals surface area contributed by atoms with E-state index < -0.39 is 0 Å². The van der Waals surface area contributed by atoms with Crippen LogP contribution >= 0.6 is 11.6 Å². The first kappa shape index (κ1) is 38.2. The lowest BCUT2D eigenvalue weighted by molar-refractivity contribution is 0.100. The average Bonchev–Trinajstić information content (AvgIpc) is 3.14. The summed E-state index contributed by atoms with van der Waals surface area (Å²) in [7, 11) is 3.70. The number of carbonyl (C=O) groups is 4. The van der Waals surface area contributed by atoms with Crippen LogP contribution in [0.4, 0.5) is 0 Å². The predicted octanol–water partition coefficient (Wildman–Crippen LogP) is 7.59. The van der Waals surface area contributed by atoms with Crippen LogP contribution in [0, 0.1) is 6.57 Å². The number of ketones is 4. The quantitative estimate of drug-likeness (QED) is 0.0669. The Morgan fingerprint density at radius 1 is 0.808 bits per heavy atom. The Morgan fingerprint density at radius 2 is 1.40 bits per heavy atom. The minimum Gasteiger partial charge on any atom is -0.436 e. The molecule has 0 aliphatic carbocycles. The zero-order valence-corrected chi connectivity index (χ0v) is 29.4. The molecule has 0 aliphatic heterocycles. The van der Waals surface area contributed by atoms with Crippen LogP contribution in [0.1, 0.15) is 55.3 Å². The third-order valence-electron chi connectivity index (χ3n) is 7.32. The van der Waals surface area contributed by atoms with Gasteiger partial charge >= 0.3 is 0 Å². The molecule has 0 N–H and O–H groups in total. The molecule has 0 radical (unpaired) electrons. The second-order valence-corrected chi connectivity index (χ2v) is 11.8. The van der Waals surface area contributed by atoms with Gasteiger partial charge < -0.3 is 14.2 Å². The largest absolute Gasteiger partial charge is 0.436 e. The Morgan fingerprint density at radius 3 is 2.00 bits per heavy atom. The van der Waals surface area contributed by atoms with Gasteiger partial charge in [-0.15, -0.1) is 0 Å². The SMILES string of the molecule is CC(=O)c1ccc(-c2ccc3c(=O)c4ccncc4oc3n2)cc1.CC(=O)c1ccc(C(=O)/C=C/N(C)C)cc1.[C-]#[N+]CC(=O)c1ccncc1Cl. The predicted molar refractivity (Wildman–Crippen MR) is 200 cm³/mol. The maximum atomic E-state index is 12.5. The maximum Gasteiger partial charge on any atom is 0.276 e. The van der Waals surface area contributed by atoms with E-state index in [1.807, 2.05) is 26.2 Å². The molecule has 6 rings (SSSR count). The van der Waals surface area contributed by atoms with E-state index in [9.17, 15) is 24.0 Å². The van der Waals surface area contributed by atoms with Gasteiger partial charge in [-0.3, -0.25) is 33.9 Å². The highest BCUT2D eigenvalue weighted by Crippen LogP contribution is 2.23. The number of nitrogens with zero attached hydrogens (tertiary/aromatic N) is 5. The first-order valence-electron chi connectivity index (χ1n) is 15.6. The number of carbonyl (C=O) groups excluding carboxylic acids is 4. The Kier molecular flexibility index (Phi) is 13.1. The molecule has 0 saturated heterocycles. The summed E-state index contributed by atoms with van der Waals surface area (Å²) in [6.07, 6.45) is 9.13. The monoisotopic (exact) mass is 713 g/mol. The average molecular weight is 714 g/mol. The van der Waals surface area contributed by atoms with Crippen molar-refractivity contribution in [3.05, 3.63) is 159 Å². The molecule has 52 heavy (non-hydrogen) atoms. The molecule has 260 valence electrons. The molecular formula is C40H32ClN5O6. The van der Waals surface area contributed by atoms with E-state index >= 15 is 0 Å². The van der Waals surface area contributed by atoms with Gasteiger partial charge in [-0.25, -0.2) is 11.6 Å². The van der Waals surface area contributed by atoms with Crippen LogP contribution in [0.5, 0.6) is 0 Å². The molecule has 0 saturated carbocycles. The van der Waals surface area contributed by atoms with Crippen LogP contribution in [0.25, 0.3) is 38.2 Å². The summed E-state index contributed by atoms with van der Waals surface area (Å²) in [6.45, 7) is 9.36. The van der Waals surface area contributed by atoms with Crippen LogP contribution in [0.15, 0.2) is 119 Å². The van der Waals surface area contributed by atoms with E-state index in [1.54, 1.807) is 71.9 Å². The summed E-state index contributed by atoms with van der Waals surface area (Å²) in [6, 6.07) is 20.4. The normalized spacial score (nSPS) is 10.4. The molecule has 0 bridgehead atoms. The second kappa shape index (κ2) is 17.8. The second-order valence-electron chi connectivity index (χ2n) is 11.4. The minimum atomic E-state index is -0.266. The van der Waals surface area contributed by atoms with Gasteiger partial charge in [-0.05, 0) is 38.1 Å². The van der Waals surface area contributed by atoms with Crippen molar-refractivity contribution in [3.8, 4) is 11.3 Å². The highest BCUT2D eigenvalue weighted by atomic mass is 35.5. The molecule has 0 aliphatic rings.